The normalized spacial score (nSPS) is 10.1. The average Bonchev–Trinajstić information content (AvgIpc) is 2.18. The molecule has 0 amide bonds. The first kappa shape index (κ1) is 10.3. The summed E-state index contributed by atoms with van der Waals surface area (Å²) in [5.41, 5.74) is 3.16. The number of aryl methyl sites for hydroxylation is 1. The van der Waals surface area contributed by atoms with Crippen LogP contribution in [0, 0.1) is 6.92 Å². The summed E-state index contributed by atoms with van der Waals surface area (Å²) in [6, 6.07) is 8.11. The molecule has 1 heteroatoms. The second-order valence-electron chi connectivity index (χ2n) is 3.06. The van der Waals surface area contributed by atoms with Gasteiger partial charge in [0, 0.05) is 11.4 Å². The summed E-state index contributed by atoms with van der Waals surface area (Å²) < 4.78 is 0. The van der Waals surface area contributed by atoms with Crippen LogP contribution in [0.15, 0.2) is 61.3 Å². The molecule has 0 unspecified atom stereocenters. The molecule has 0 saturated carbocycles. The Morgan fingerprint density at radius 1 is 1.36 bits per heavy atom. The lowest BCUT2D eigenvalue weighted by molar-refractivity contribution is 1.40. The SMILES string of the molecule is C=C/C=C\C(=C)Nc1ccccc1C. The lowest BCUT2D eigenvalue weighted by Crippen LogP contribution is -1.96. The van der Waals surface area contributed by atoms with Crippen molar-refractivity contribution in [3.05, 3.63) is 66.9 Å². The van der Waals surface area contributed by atoms with E-state index in [4.69, 9.17) is 0 Å². The molecule has 0 spiro atoms. The van der Waals surface area contributed by atoms with Gasteiger partial charge in [0.25, 0.3) is 0 Å². The fourth-order valence-electron chi connectivity index (χ4n) is 1.11. The van der Waals surface area contributed by atoms with Gasteiger partial charge < -0.3 is 5.32 Å². The van der Waals surface area contributed by atoms with Crippen LogP contribution in [0.3, 0.4) is 0 Å². The number of hydrogen-bond donors (Lipinski definition) is 1. The molecule has 0 bridgehead atoms. The van der Waals surface area contributed by atoms with E-state index in [2.05, 4.69) is 31.5 Å². The van der Waals surface area contributed by atoms with E-state index >= 15 is 0 Å². The predicted octanol–water partition coefficient (Wildman–Crippen LogP) is 3.66. The van der Waals surface area contributed by atoms with E-state index in [1.807, 2.05) is 30.4 Å². The van der Waals surface area contributed by atoms with E-state index in [9.17, 15) is 0 Å². The predicted molar refractivity (Wildman–Crippen MR) is 63.3 cm³/mol. The fourth-order valence-corrected chi connectivity index (χ4v) is 1.11. The maximum absolute atomic E-state index is 3.88. The van der Waals surface area contributed by atoms with Crippen LogP contribution in [0.2, 0.25) is 0 Å². The molecular formula is C13H15N. The number of nitrogens with one attached hydrogen (secondary N) is 1. The molecule has 0 fully saturated rings. The lowest BCUT2D eigenvalue weighted by atomic mass is 10.2. The minimum Gasteiger partial charge on any atom is -0.356 e. The smallest absolute Gasteiger partial charge is 0.0413 e. The molecule has 0 aliphatic heterocycles. The van der Waals surface area contributed by atoms with Crippen LogP contribution < -0.4 is 5.32 Å². The summed E-state index contributed by atoms with van der Waals surface area (Å²) >= 11 is 0. The van der Waals surface area contributed by atoms with Crippen molar-refractivity contribution in [2.45, 2.75) is 6.92 Å². The van der Waals surface area contributed by atoms with Crippen molar-refractivity contribution in [3.63, 3.8) is 0 Å². The zero-order valence-electron chi connectivity index (χ0n) is 8.46. The number of anilines is 1. The van der Waals surface area contributed by atoms with Crippen molar-refractivity contribution in [2.75, 3.05) is 5.32 Å². The molecule has 72 valence electrons. The van der Waals surface area contributed by atoms with Crippen LogP contribution >= 0.6 is 0 Å². The van der Waals surface area contributed by atoms with E-state index in [0.717, 1.165) is 11.4 Å². The number of rotatable bonds is 4. The summed E-state index contributed by atoms with van der Waals surface area (Å²) in [4.78, 5) is 0. The van der Waals surface area contributed by atoms with E-state index in [0.29, 0.717) is 0 Å². The molecule has 0 radical (unpaired) electrons. The van der Waals surface area contributed by atoms with Gasteiger partial charge in [0.1, 0.15) is 0 Å². The summed E-state index contributed by atoms with van der Waals surface area (Å²) in [7, 11) is 0. The van der Waals surface area contributed by atoms with Crippen molar-refractivity contribution >= 4 is 5.69 Å². The van der Waals surface area contributed by atoms with E-state index in [-0.39, 0.29) is 0 Å². The molecule has 1 nitrogen and oxygen atoms in total. The molecule has 0 aliphatic rings. The molecule has 1 aromatic carbocycles. The second kappa shape index (κ2) is 5.07. The monoisotopic (exact) mass is 185 g/mol. The van der Waals surface area contributed by atoms with Crippen LogP contribution in [-0.2, 0) is 0 Å². The molecule has 0 saturated heterocycles. The zero-order chi connectivity index (χ0) is 10.4. The first-order chi connectivity index (χ1) is 6.74. The van der Waals surface area contributed by atoms with Gasteiger partial charge in [0.05, 0.1) is 0 Å². The summed E-state index contributed by atoms with van der Waals surface area (Å²) in [6.45, 7) is 9.55. The quantitative estimate of drug-likeness (QED) is 0.706. The Morgan fingerprint density at radius 2 is 2.07 bits per heavy atom. The molecule has 1 aromatic rings. The average molecular weight is 185 g/mol. The van der Waals surface area contributed by atoms with E-state index < -0.39 is 0 Å². The van der Waals surface area contributed by atoms with Gasteiger partial charge >= 0.3 is 0 Å². The van der Waals surface area contributed by atoms with Crippen molar-refractivity contribution in [2.24, 2.45) is 0 Å². The van der Waals surface area contributed by atoms with Crippen molar-refractivity contribution in [1.29, 1.82) is 0 Å². The topological polar surface area (TPSA) is 12.0 Å². The summed E-state index contributed by atoms with van der Waals surface area (Å²) in [5.74, 6) is 0. The largest absolute Gasteiger partial charge is 0.356 e. The Kier molecular flexibility index (Phi) is 3.74. The van der Waals surface area contributed by atoms with Gasteiger partial charge in [0.15, 0.2) is 0 Å². The van der Waals surface area contributed by atoms with Gasteiger partial charge in [0.2, 0.25) is 0 Å². The highest BCUT2D eigenvalue weighted by atomic mass is 14.9. The Bertz CT molecular complexity index is 361. The molecular weight excluding hydrogens is 170 g/mol. The number of benzene rings is 1. The third-order valence-corrected chi connectivity index (χ3v) is 1.87. The lowest BCUT2D eigenvalue weighted by Gasteiger charge is -2.08. The fraction of sp³-hybridized carbons (Fsp3) is 0.0769. The minimum atomic E-state index is 0.860. The molecule has 1 rings (SSSR count). The highest BCUT2D eigenvalue weighted by molar-refractivity contribution is 5.55. The first-order valence-electron chi connectivity index (χ1n) is 4.54. The van der Waals surface area contributed by atoms with Crippen molar-refractivity contribution < 1.29 is 0 Å². The van der Waals surface area contributed by atoms with Crippen LogP contribution in [0.4, 0.5) is 5.69 Å². The molecule has 0 atom stereocenters. The third kappa shape index (κ3) is 2.94. The molecule has 0 aliphatic carbocycles. The molecule has 0 heterocycles. The van der Waals surface area contributed by atoms with Crippen molar-refractivity contribution in [3.8, 4) is 0 Å². The maximum Gasteiger partial charge on any atom is 0.0413 e. The van der Waals surface area contributed by atoms with Crippen LogP contribution in [0.25, 0.3) is 0 Å². The molecule has 14 heavy (non-hydrogen) atoms. The summed E-state index contributed by atoms with van der Waals surface area (Å²) in [5, 5.41) is 3.22. The van der Waals surface area contributed by atoms with Crippen LogP contribution in [0.1, 0.15) is 5.56 Å². The summed E-state index contributed by atoms with van der Waals surface area (Å²) in [6.07, 6.45) is 5.47. The van der Waals surface area contributed by atoms with Gasteiger partial charge in [-0.05, 0) is 24.6 Å². The minimum absolute atomic E-state index is 0.860. The van der Waals surface area contributed by atoms with E-state index in [1.165, 1.54) is 5.56 Å². The third-order valence-electron chi connectivity index (χ3n) is 1.87. The van der Waals surface area contributed by atoms with Gasteiger partial charge in [-0.1, -0.05) is 43.5 Å². The standard InChI is InChI=1S/C13H15N/c1-4-5-9-12(3)14-13-10-7-6-8-11(13)2/h4-10,14H,1,3H2,2H3/b9-5-. The maximum atomic E-state index is 3.88. The molecule has 1 N–H and O–H groups in total. The first-order valence-corrected chi connectivity index (χ1v) is 4.54. The molecule has 0 aromatic heterocycles. The zero-order valence-corrected chi connectivity index (χ0v) is 8.46. The number of allylic oxidation sites excluding steroid dienone is 3. The Labute approximate surface area is 85.5 Å². The Hall–Kier alpha value is -1.76. The highest BCUT2D eigenvalue weighted by Crippen LogP contribution is 2.15. The number of para-hydroxylation sites is 1. The van der Waals surface area contributed by atoms with Gasteiger partial charge in [-0.25, -0.2) is 0 Å². The van der Waals surface area contributed by atoms with E-state index in [1.54, 1.807) is 6.08 Å². The van der Waals surface area contributed by atoms with Gasteiger partial charge in [-0.2, -0.15) is 0 Å². The van der Waals surface area contributed by atoms with Gasteiger partial charge in [-0.15, -0.1) is 0 Å². The highest BCUT2D eigenvalue weighted by Gasteiger charge is 1.94. The number of hydrogen-bond acceptors (Lipinski definition) is 1. The second-order valence-corrected chi connectivity index (χ2v) is 3.06. The van der Waals surface area contributed by atoms with Gasteiger partial charge in [-0.3, -0.25) is 0 Å². The van der Waals surface area contributed by atoms with Crippen LogP contribution in [-0.4, -0.2) is 0 Å². The van der Waals surface area contributed by atoms with Crippen LogP contribution in [0.5, 0.6) is 0 Å². The van der Waals surface area contributed by atoms with Crippen molar-refractivity contribution in [1.82, 2.24) is 0 Å². The Morgan fingerprint density at radius 3 is 2.71 bits per heavy atom. The Balaban J connectivity index is 2.69.